The number of nitriles is 2. The van der Waals surface area contributed by atoms with Crippen molar-refractivity contribution >= 4 is 23.5 Å². The molecule has 0 saturated heterocycles. The molecule has 0 aliphatic carbocycles. The minimum Gasteiger partial charge on any atom is -0.447 e. The lowest BCUT2D eigenvalue weighted by Crippen LogP contribution is -2.29. The lowest BCUT2D eigenvalue weighted by molar-refractivity contribution is 0.164. The summed E-state index contributed by atoms with van der Waals surface area (Å²) in [5, 5.41) is 20.5. The van der Waals surface area contributed by atoms with Gasteiger partial charge in [0.15, 0.2) is 0 Å². The number of nitrogens with zero attached hydrogens (tertiary/aromatic N) is 3. The summed E-state index contributed by atoms with van der Waals surface area (Å²) in [7, 11) is 0. The smallest absolute Gasteiger partial charge is 0.411 e. The third-order valence-corrected chi connectivity index (χ3v) is 4.16. The molecule has 0 aliphatic rings. The van der Waals surface area contributed by atoms with E-state index in [-0.39, 0.29) is 12.2 Å². The molecule has 2 aromatic rings. The Hall–Kier alpha value is -3.77. The molecule has 0 fully saturated rings. The van der Waals surface area contributed by atoms with Crippen molar-refractivity contribution in [3.8, 4) is 12.1 Å². The Labute approximate surface area is 165 Å². The number of rotatable bonds is 7. The van der Waals surface area contributed by atoms with Gasteiger partial charge in [0, 0.05) is 17.9 Å². The molecule has 28 heavy (non-hydrogen) atoms. The van der Waals surface area contributed by atoms with Gasteiger partial charge in [0.25, 0.3) is 0 Å². The minimum atomic E-state index is -0.487. The molecular formula is C22H22N4O2. The fourth-order valence-corrected chi connectivity index (χ4v) is 2.66. The first-order valence-corrected chi connectivity index (χ1v) is 8.93. The van der Waals surface area contributed by atoms with E-state index in [0.29, 0.717) is 12.2 Å². The monoisotopic (exact) mass is 374 g/mol. The average molecular weight is 374 g/mol. The van der Waals surface area contributed by atoms with Crippen LogP contribution in [0.1, 0.15) is 18.1 Å². The molecule has 0 radical (unpaired) electrons. The number of anilines is 2. The number of nitrogens with one attached hydrogen (secondary N) is 1. The van der Waals surface area contributed by atoms with Crippen LogP contribution in [-0.4, -0.2) is 25.8 Å². The molecule has 0 heterocycles. The predicted octanol–water partition coefficient (Wildman–Crippen LogP) is 4.50. The van der Waals surface area contributed by atoms with Crippen molar-refractivity contribution in [3.05, 3.63) is 65.2 Å². The molecule has 2 rings (SSSR count). The zero-order chi connectivity index (χ0) is 20.4. The number of hydrogen-bond acceptors (Lipinski definition) is 5. The number of hydrogen-bond donors (Lipinski definition) is 1. The highest BCUT2D eigenvalue weighted by molar-refractivity contribution is 5.84. The van der Waals surface area contributed by atoms with E-state index in [2.05, 4.69) is 10.2 Å². The SMILES string of the molecule is CCN(CCOC(=O)Nc1ccccc1)c1ccc(C=C(C#N)C#N)c(C)c1. The number of amides is 1. The first-order valence-electron chi connectivity index (χ1n) is 8.93. The highest BCUT2D eigenvalue weighted by Gasteiger charge is 2.09. The van der Waals surface area contributed by atoms with Crippen LogP contribution in [0.4, 0.5) is 16.2 Å². The Morgan fingerprint density at radius 3 is 2.50 bits per heavy atom. The Morgan fingerprint density at radius 2 is 1.89 bits per heavy atom. The third-order valence-electron chi connectivity index (χ3n) is 4.16. The van der Waals surface area contributed by atoms with Gasteiger partial charge in [-0.2, -0.15) is 10.5 Å². The maximum atomic E-state index is 11.9. The lowest BCUT2D eigenvalue weighted by atomic mass is 10.0. The van der Waals surface area contributed by atoms with Crippen LogP contribution < -0.4 is 10.2 Å². The van der Waals surface area contributed by atoms with Crippen molar-refractivity contribution in [3.63, 3.8) is 0 Å². The molecule has 0 atom stereocenters. The summed E-state index contributed by atoms with van der Waals surface area (Å²) in [6, 6.07) is 18.7. The number of benzene rings is 2. The summed E-state index contributed by atoms with van der Waals surface area (Å²) < 4.78 is 5.26. The van der Waals surface area contributed by atoms with Crippen molar-refractivity contribution in [1.82, 2.24) is 0 Å². The van der Waals surface area contributed by atoms with Crippen molar-refractivity contribution < 1.29 is 9.53 Å². The van der Waals surface area contributed by atoms with Crippen LogP contribution in [0.25, 0.3) is 6.08 Å². The summed E-state index contributed by atoms with van der Waals surface area (Å²) in [5.41, 5.74) is 3.53. The van der Waals surface area contributed by atoms with E-state index in [1.165, 1.54) is 0 Å². The molecular weight excluding hydrogens is 352 g/mol. The van der Waals surface area contributed by atoms with Gasteiger partial charge in [-0.05, 0) is 55.3 Å². The van der Waals surface area contributed by atoms with Crippen LogP contribution in [0.2, 0.25) is 0 Å². The molecule has 0 aliphatic heterocycles. The van der Waals surface area contributed by atoms with Crippen LogP contribution >= 0.6 is 0 Å². The summed E-state index contributed by atoms with van der Waals surface area (Å²) >= 11 is 0. The van der Waals surface area contributed by atoms with Crippen LogP contribution in [0, 0.1) is 29.6 Å². The summed E-state index contributed by atoms with van der Waals surface area (Å²) in [6.07, 6.45) is 1.09. The highest BCUT2D eigenvalue weighted by Crippen LogP contribution is 2.21. The lowest BCUT2D eigenvalue weighted by Gasteiger charge is -2.23. The molecule has 0 aromatic heterocycles. The molecule has 0 bridgehead atoms. The Bertz CT molecular complexity index is 908. The quantitative estimate of drug-likeness (QED) is 0.721. The number of likely N-dealkylation sites (N-methyl/N-ethyl adjacent to an activating group) is 1. The zero-order valence-corrected chi connectivity index (χ0v) is 16.0. The topological polar surface area (TPSA) is 89.2 Å². The van der Waals surface area contributed by atoms with Crippen LogP contribution in [0.15, 0.2) is 54.1 Å². The molecule has 2 aromatic carbocycles. The van der Waals surface area contributed by atoms with Crippen molar-refractivity contribution in [2.45, 2.75) is 13.8 Å². The number of aryl methyl sites for hydroxylation is 1. The second kappa shape index (κ2) is 10.4. The van der Waals surface area contributed by atoms with Crippen molar-refractivity contribution in [1.29, 1.82) is 10.5 Å². The van der Waals surface area contributed by atoms with E-state index in [0.717, 1.165) is 23.4 Å². The molecule has 1 amide bonds. The molecule has 6 heteroatoms. The van der Waals surface area contributed by atoms with Gasteiger partial charge in [0.05, 0.1) is 6.54 Å². The Kier molecular flexibility index (Phi) is 7.63. The Balaban J connectivity index is 1.95. The van der Waals surface area contributed by atoms with Crippen molar-refractivity contribution in [2.75, 3.05) is 29.9 Å². The van der Waals surface area contributed by atoms with Gasteiger partial charge < -0.3 is 9.64 Å². The van der Waals surface area contributed by atoms with Gasteiger partial charge >= 0.3 is 6.09 Å². The maximum Gasteiger partial charge on any atom is 0.411 e. The van der Waals surface area contributed by atoms with E-state index in [4.69, 9.17) is 15.3 Å². The van der Waals surface area contributed by atoms with E-state index >= 15 is 0 Å². The molecule has 0 saturated carbocycles. The molecule has 142 valence electrons. The van der Waals surface area contributed by atoms with Crippen LogP contribution in [0.3, 0.4) is 0 Å². The van der Waals surface area contributed by atoms with Crippen LogP contribution in [-0.2, 0) is 4.74 Å². The average Bonchev–Trinajstić information content (AvgIpc) is 2.71. The fraction of sp³-hybridized carbons (Fsp3) is 0.227. The number of carbonyl (C=O) groups is 1. The zero-order valence-electron chi connectivity index (χ0n) is 16.0. The largest absolute Gasteiger partial charge is 0.447 e. The third kappa shape index (κ3) is 5.89. The van der Waals surface area contributed by atoms with E-state index in [1.54, 1.807) is 18.2 Å². The van der Waals surface area contributed by atoms with Gasteiger partial charge in [0.2, 0.25) is 0 Å². The number of allylic oxidation sites excluding steroid dienone is 1. The van der Waals surface area contributed by atoms with E-state index < -0.39 is 6.09 Å². The first-order chi connectivity index (χ1) is 13.6. The van der Waals surface area contributed by atoms with Gasteiger partial charge in [-0.3, -0.25) is 5.32 Å². The van der Waals surface area contributed by atoms with Gasteiger partial charge in [0.1, 0.15) is 24.3 Å². The first kappa shape index (κ1) is 20.5. The second-order valence-electron chi connectivity index (χ2n) is 6.03. The van der Waals surface area contributed by atoms with E-state index in [1.807, 2.05) is 62.4 Å². The summed E-state index contributed by atoms with van der Waals surface area (Å²) in [5.74, 6) is 0. The minimum absolute atomic E-state index is 0.0704. The molecule has 0 spiro atoms. The fourth-order valence-electron chi connectivity index (χ4n) is 2.66. The number of para-hydroxylation sites is 1. The standard InChI is InChI=1S/C22H22N4O2/c1-3-26(11-12-28-22(27)25-20-7-5-4-6-8-20)21-10-9-19(17(2)13-21)14-18(15-23)16-24/h4-10,13-14H,3,11-12H2,1-2H3,(H,25,27). The normalized spacial score (nSPS) is 9.57. The molecule has 6 nitrogen and oxygen atoms in total. The number of carbonyl (C=O) groups excluding carboxylic acids is 1. The van der Waals surface area contributed by atoms with Gasteiger partial charge in [-0.1, -0.05) is 24.3 Å². The second-order valence-corrected chi connectivity index (χ2v) is 6.03. The summed E-state index contributed by atoms with van der Waals surface area (Å²) in [6.45, 7) is 5.51. The van der Waals surface area contributed by atoms with Crippen molar-refractivity contribution in [2.24, 2.45) is 0 Å². The Morgan fingerprint density at radius 1 is 1.18 bits per heavy atom. The maximum absolute atomic E-state index is 11.9. The molecule has 1 N–H and O–H groups in total. The number of ether oxygens (including phenoxy) is 1. The predicted molar refractivity (Wildman–Crippen MR) is 110 cm³/mol. The van der Waals surface area contributed by atoms with Gasteiger partial charge in [-0.15, -0.1) is 0 Å². The summed E-state index contributed by atoms with van der Waals surface area (Å²) in [4.78, 5) is 14.0. The highest BCUT2D eigenvalue weighted by atomic mass is 16.5. The van der Waals surface area contributed by atoms with Gasteiger partial charge in [-0.25, -0.2) is 4.79 Å². The van der Waals surface area contributed by atoms with E-state index in [9.17, 15) is 4.79 Å². The van der Waals surface area contributed by atoms with Crippen LogP contribution in [0.5, 0.6) is 0 Å². The molecule has 0 unspecified atom stereocenters.